The van der Waals surface area contributed by atoms with E-state index in [9.17, 15) is 9.59 Å². The van der Waals surface area contributed by atoms with Crippen LogP contribution in [0.5, 0.6) is 0 Å². The van der Waals surface area contributed by atoms with Crippen molar-refractivity contribution < 1.29 is 39.0 Å². The molecule has 0 rings (SSSR count). The van der Waals surface area contributed by atoms with E-state index in [2.05, 4.69) is 38.2 Å². The molecule has 0 spiro atoms. The molecule has 5 N–H and O–H groups in total. The monoisotopic (exact) mass is 606 g/mol. The van der Waals surface area contributed by atoms with Crippen LogP contribution in [0.15, 0.2) is 24.3 Å². The van der Waals surface area contributed by atoms with Crippen LogP contribution in [0.1, 0.15) is 168 Å². The van der Waals surface area contributed by atoms with Crippen molar-refractivity contribution in [2.75, 3.05) is 0 Å². The Morgan fingerprint density at radius 3 is 0.927 bits per heavy atom. The van der Waals surface area contributed by atoms with E-state index in [4.69, 9.17) is 29.5 Å². The lowest BCUT2D eigenvalue weighted by Gasteiger charge is -1.98. The van der Waals surface area contributed by atoms with Crippen molar-refractivity contribution in [3.8, 4) is 0 Å². The Morgan fingerprint density at radius 2 is 0.683 bits per heavy atom. The van der Waals surface area contributed by atoms with E-state index in [0.717, 1.165) is 25.7 Å². The van der Waals surface area contributed by atoms with Crippen molar-refractivity contribution in [1.29, 1.82) is 0 Å². The van der Waals surface area contributed by atoms with Gasteiger partial charge in [-0.1, -0.05) is 115 Å². The van der Waals surface area contributed by atoms with Gasteiger partial charge in [-0.25, -0.2) is 4.57 Å². The van der Waals surface area contributed by atoms with Gasteiger partial charge in [-0.15, -0.1) is 0 Å². The highest BCUT2D eigenvalue weighted by Gasteiger charge is 2.00. The topological polar surface area (TPSA) is 152 Å². The van der Waals surface area contributed by atoms with Gasteiger partial charge in [-0.05, 0) is 64.2 Å². The minimum absolute atomic E-state index is 0.331. The first-order chi connectivity index (χ1) is 19.5. The Kier molecular flexibility index (Phi) is 39.2. The maximum atomic E-state index is 10.3. The Balaban J connectivity index is -0.000000604. The maximum Gasteiger partial charge on any atom is 0.466 e. The maximum absolute atomic E-state index is 10.3. The largest absolute Gasteiger partial charge is 0.481 e. The summed E-state index contributed by atoms with van der Waals surface area (Å²) in [6.07, 6.45) is 36.6. The average Bonchev–Trinajstić information content (AvgIpc) is 2.88. The van der Waals surface area contributed by atoms with E-state index in [0.29, 0.717) is 12.8 Å². The number of carboxylic acid groups (broad SMARTS) is 2. The predicted molar refractivity (Wildman–Crippen MR) is 170 cm³/mol. The summed E-state index contributed by atoms with van der Waals surface area (Å²) >= 11 is 0. The predicted octanol–water partition coefficient (Wildman–Crippen LogP) is 9.73. The third-order valence-electron chi connectivity index (χ3n) is 6.30. The Morgan fingerprint density at radius 1 is 0.463 bits per heavy atom. The van der Waals surface area contributed by atoms with Crippen LogP contribution < -0.4 is 0 Å². The van der Waals surface area contributed by atoms with Gasteiger partial charge in [-0.3, -0.25) is 9.59 Å². The molecular formula is C32H63O8P. The fraction of sp³-hybridized carbons (Fsp3) is 0.812. The zero-order chi connectivity index (χ0) is 31.5. The van der Waals surface area contributed by atoms with Gasteiger partial charge in [0.05, 0.1) is 0 Å². The number of hydrogen-bond acceptors (Lipinski definition) is 3. The molecule has 0 heterocycles. The second-order valence-corrected chi connectivity index (χ2v) is 11.6. The lowest BCUT2D eigenvalue weighted by Crippen LogP contribution is -1.93. The molecule has 0 aromatic rings. The van der Waals surface area contributed by atoms with E-state index < -0.39 is 19.8 Å². The number of carbonyl (C=O) groups is 2. The second-order valence-electron chi connectivity index (χ2n) is 10.6. The number of carboxylic acids is 2. The number of allylic oxidation sites excluding steroid dienone is 4. The molecule has 0 unspecified atom stereocenters. The summed E-state index contributed by atoms with van der Waals surface area (Å²) in [7, 11) is -4.64. The fourth-order valence-electron chi connectivity index (χ4n) is 3.99. The van der Waals surface area contributed by atoms with Crippen molar-refractivity contribution >= 4 is 19.8 Å². The first kappa shape index (κ1) is 44.0. The van der Waals surface area contributed by atoms with E-state index in [-0.39, 0.29) is 0 Å². The standard InChI is InChI=1S/2C16H30O2.H3O4P/c2*1-2-3-4-5-6-7-8-9-10-11-12-13-14-15-16(17)18;1-5(2,3)4/h2*7-8H,2-6,9-15H2,1H3,(H,17,18);(H3,1,2,3,4)/b2*8-7-;. The fourth-order valence-corrected chi connectivity index (χ4v) is 3.99. The summed E-state index contributed by atoms with van der Waals surface area (Å²) in [5.41, 5.74) is 0. The quantitative estimate of drug-likeness (QED) is 0.0370. The summed E-state index contributed by atoms with van der Waals surface area (Å²) < 4.78 is 8.88. The highest BCUT2D eigenvalue weighted by molar-refractivity contribution is 7.45. The van der Waals surface area contributed by atoms with Crippen LogP contribution in [0.25, 0.3) is 0 Å². The normalized spacial score (nSPS) is 11.2. The van der Waals surface area contributed by atoms with Crippen LogP contribution in [0, 0.1) is 0 Å². The van der Waals surface area contributed by atoms with Gasteiger partial charge in [0.1, 0.15) is 0 Å². The lowest BCUT2D eigenvalue weighted by molar-refractivity contribution is -0.138. The average molecular weight is 607 g/mol. The van der Waals surface area contributed by atoms with Crippen LogP contribution in [0.3, 0.4) is 0 Å². The van der Waals surface area contributed by atoms with Crippen molar-refractivity contribution in [2.24, 2.45) is 0 Å². The first-order valence-corrected chi connectivity index (χ1v) is 17.6. The zero-order valence-corrected chi connectivity index (χ0v) is 27.1. The lowest BCUT2D eigenvalue weighted by atomic mass is 10.1. The van der Waals surface area contributed by atoms with Gasteiger partial charge < -0.3 is 24.9 Å². The molecule has 0 radical (unpaired) electrons. The Labute approximate surface area is 251 Å². The molecule has 0 aliphatic rings. The van der Waals surface area contributed by atoms with Gasteiger partial charge in [-0.2, -0.15) is 0 Å². The number of phosphoric acid groups is 1. The number of rotatable bonds is 26. The smallest absolute Gasteiger partial charge is 0.466 e. The minimum Gasteiger partial charge on any atom is -0.481 e. The molecular weight excluding hydrogens is 543 g/mol. The summed E-state index contributed by atoms with van der Waals surface area (Å²) in [6.45, 7) is 4.48. The highest BCUT2D eigenvalue weighted by atomic mass is 31.2. The molecule has 9 heteroatoms. The number of unbranched alkanes of at least 4 members (excludes halogenated alkanes) is 18. The van der Waals surface area contributed by atoms with Gasteiger partial charge >= 0.3 is 19.8 Å². The Bertz CT molecular complexity index is 604. The molecule has 0 fully saturated rings. The molecule has 0 bridgehead atoms. The zero-order valence-electron chi connectivity index (χ0n) is 26.2. The molecule has 0 aliphatic carbocycles. The highest BCUT2D eigenvalue weighted by Crippen LogP contribution is 2.25. The molecule has 244 valence electrons. The van der Waals surface area contributed by atoms with E-state index in [1.807, 2.05) is 0 Å². The molecule has 0 amide bonds. The van der Waals surface area contributed by atoms with Crippen LogP contribution in [-0.4, -0.2) is 36.8 Å². The SMILES string of the molecule is CCCCCC/C=C\CCCCCCCC(=O)O.CCCCCC/C=C\CCCCCCCC(=O)O.O=P(O)(O)O. The molecule has 0 saturated heterocycles. The molecule has 41 heavy (non-hydrogen) atoms. The van der Waals surface area contributed by atoms with E-state index in [1.54, 1.807) is 0 Å². The van der Waals surface area contributed by atoms with E-state index >= 15 is 0 Å². The van der Waals surface area contributed by atoms with Crippen molar-refractivity contribution in [3.05, 3.63) is 24.3 Å². The minimum atomic E-state index is -4.64. The second kappa shape index (κ2) is 36.6. The molecule has 0 aliphatic heterocycles. The third kappa shape index (κ3) is 63.2. The van der Waals surface area contributed by atoms with Crippen LogP contribution in [0.4, 0.5) is 0 Å². The summed E-state index contributed by atoms with van der Waals surface area (Å²) in [4.78, 5) is 42.1. The molecule has 0 aromatic carbocycles. The number of aliphatic carboxylic acids is 2. The van der Waals surface area contributed by atoms with Crippen LogP contribution in [-0.2, 0) is 14.2 Å². The van der Waals surface area contributed by atoms with Crippen molar-refractivity contribution in [2.45, 2.75) is 168 Å². The van der Waals surface area contributed by atoms with Gasteiger partial charge in [0.25, 0.3) is 0 Å². The number of hydrogen-bond donors (Lipinski definition) is 5. The summed E-state index contributed by atoms with van der Waals surface area (Å²) in [6, 6.07) is 0. The van der Waals surface area contributed by atoms with Crippen molar-refractivity contribution in [1.82, 2.24) is 0 Å². The third-order valence-corrected chi connectivity index (χ3v) is 6.30. The van der Waals surface area contributed by atoms with E-state index in [1.165, 1.54) is 116 Å². The van der Waals surface area contributed by atoms with Crippen LogP contribution >= 0.6 is 7.82 Å². The summed E-state index contributed by atoms with van der Waals surface area (Å²) in [5, 5.41) is 17.0. The van der Waals surface area contributed by atoms with Crippen molar-refractivity contribution in [3.63, 3.8) is 0 Å². The Hall–Kier alpha value is -1.47. The van der Waals surface area contributed by atoms with Gasteiger partial charge in [0.15, 0.2) is 0 Å². The van der Waals surface area contributed by atoms with Crippen LogP contribution in [0.2, 0.25) is 0 Å². The first-order valence-electron chi connectivity index (χ1n) is 16.1. The summed E-state index contributed by atoms with van der Waals surface area (Å²) in [5.74, 6) is -1.33. The molecule has 0 aromatic heterocycles. The van der Waals surface area contributed by atoms with Gasteiger partial charge in [0, 0.05) is 12.8 Å². The molecule has 0 atom stereocenters. The molecule has 8 nitrogen and oxygen atoms in total. The molecule has 0 saturated carbocycles. The van der Waals surface area contributed by atoms with Gasteiger partial charge in [0.2, 0.25) is 0 Å².